The molecular formula is C13H20FN3O. The van der Waals surface area contributed by atoms with Crippen LogP contribution in [0.5, 0.6) is 0 Å². The summed E-state index contributed by atoms with van der Waals surface area (Å²) in [6.45, 7) is 5.54. The summed E-state index contributed by atoms with van der Waals surface area (Å²) in [5, 5.41) is 7.04. The molecule has 1 saturated carbocycles. The van der Waals surface area contributed by atoms with Crippen LogP contribution in [-0.2, 0) is 11.3 Å². The Morgan fingerprint density at radius 3 is 2.72 bits per heavy atom. The second-order valence-corrected chi connectivity index (χ2v) is 5.29. The van der Waals surface area contributed by atoms with E-state index in [1.54, 1.807) is 6.92 Å². The van der Waals surface area contributed by atoms with Gasteiger partial charge in [-0.15, -0.1) is 0 Å². The highest BCUT2D eigenvalue weighted by Crippen LogP contribution is 2.21. The van der Waals surface area contributed by atoms with E-state index in [1.807, 2.05) is 13.8 Å². The van der Waals surface area contributed by atoms with Crippen LogP contribution in [0.25, 0.3) is 0 Å². The van der Waals surface area contributed by atoms with E-state index >= 15 is 0 Å². The number of carbonyl (C=O) groups is 1. The molecule has 1 fully saturated rings. The smallest absolute Gasteiger partial charge is 0.241 e. The lowest BCUT2D eigenvalue weighted by atomic mass is 9.93. The number of nitrogens with zero attached hydrogens (tertiary/aromatic N) is 2. The lowest BCUT2D eigenvalue weighted by Crippen LogP contribution is -2.41. The predicted octanol–water partition coefficient (Wildman–Crippen LogP) is 2.12. The summed E-state index contributed by atoms with van der Waals surface area (Å²) in [6, 6.07) is 0.307. The van der Waals surface area contributed by atoms with Gasteiger partial charge in [0.2, 0.25) is 5.91 Å². The molecule has 0 atom stereocenters. The molecule has 2 rings (SSSR count). The maximum Gasteiger partial charge on any atom is 0.241 e. The lowest BCUT2D eigenvalue weighted by molar-refractivity contribution is -0.123. The number of rotatable bonds is 4. The average Bonchev–Trinajstić information content (AvgIpc) is 2.48. The molecule has 1 aromatic rings. The van der Waals surface area contributed by atoms with Crippen molar-refractivity contribution in [3.8, 4) is 0 Å². The normalized spacial score (nSPS) is 15.8. The number of hydrogen-bond acceptors (Lipinski definition) is 2. The van der Waals surface area contributed by atoms with Crippen molar-refractivity contribution in [2.75, 3.05) is 0 Å². The van der Waals surface area contributed by atoms with Crippen LogP contribution in [-0.4, -0.2) is 21.7 Å². The molecule has 0 radical (unpaired) electrons. The number of nitrogens with one attached hydrogen (secondary N) is 1. The second kappa shape index (κ2) is 5.08. The van der Waals surface area contributed by atoms with Gasteiger partial charge in [-0.05, 0) is 32.1 Å². The molecule has 100 valence electrons. The third kappa shape index (κ3) is 2.54. The van der Waals surface area contributed by atoms with Crippen molar-refractivity contribution in [2.45, 2.75) is 58.5 Å². The Bertz CT molecular complexity index is 449. The van der Waals surface area contributed by atoms with E-state index in [-0.39, 0.29) is 24.2 Å². The van der Waals surface area contributed by atoms with Crippen molar-refractivity contribution in [1.29, 1.82) is 0 Å². The number of aryl methyl sites for hydroxylation is 1. The van der Waals surface area contributed by atoms with E-state index in [0.717, 1.165) is 12.8 Å². The summed E-state index contributed by atoms with van der Waals surface area (Å²) >= 11 is 0. The maximum absolute atomic E-state index is 13.8. The fraction of sp³-hybridized carbons (Fsp3) is 0.692. The summed E-state index contributed by atoms with van der Waals surface area (Å²) in [7, 11) is 0. The van der Waals surface area contributed by atoms with Crippen LogP contribution in [0, 0.1) is 12.7 Å². The molecule has 1 aliphatic rings. The van der Waals surface area contributed by atoms with Crippen LogP contribution in [0.2, 0.25) is 0 Å². The summed E-state index contributed by atoms with van der Waals surface area (Å²) in [6.07, 6.45) is 3.28. The summed E-state index contributed by atoms with van der Waals surface area (Å²) in [4.78, 5) is 11.8. The third-order valence-corrected chi connectivity index (χ3v) is 3.40. The first-order chi connectivity index (χ1) is 8.49. The SMILES string of the molecule is Cc1nn(CC(=O)NC2CCC2)c(C(C)C)c1F. The molecule has 0 unspecified atom stereocenters. The zero-order chi connectivity index (χ0) is 13.3. The fourth-order valence-corrected chi connectivity index (χ4v) is 2.21. The first kappa shape index (κ1) is 13.1. The van der Waals surface area contributed by atoms with Gasteiger partial charge in [0.1, 0.15) is 6.54 Å². The van der Waals surface area contributed by atoms with Crippen LogP contribution in [0.4, 0.5) is 4.39 Å². The quantitative estimate of drug-likeness (QED) is 0.893. The summed E-state index contributed by atoms with van der Waals surface area (Å²) in [5.41, 5.74) is 0.867. The number of halogens is 1. The molecule has 0 bridgehead atoms. The molecule has 1 aliphatic carbocycles. The van der Waals surface area contributed by atoms with Gasteiger partial charge in [-0.1, -0.05) is 13.8 Å². The van der Waals surface area contributed by atoms with Gasteiger partial charge in [0, 0.05) is 6.04 Å². The molecule has 1 aromatic heterocycles. The third-order valence-electron chi connectivity index (χ3n) is 3.40. The molecule has 1 N–H and O–H groups in total. The second-order valence-electron chi connectivity index (χ2n) is 5.29. The molecule has 0 aliphatic heterocycles. The lowest BCUT2D eigenvalue weighted by Gasteiger charge is -2.26. The molecule has 18 heavy (non-hydrogen) atoms. The molecule has 1 heterocycles. The van der Waals surface area contributed by atoms with E-state index in [4.69, 9.17) is 0 Å². The number of amides is 1. The maximum atomic E-state index is 13.8. The first-order valence-electron chi connectivity index (χ1n) is 6.51. The fourth-order valence-electron chi connectivity index (χ4n) is 2.21. The highest BCUT2D eigenvalue weighted by Gasteiger charge is 2.22. The topological polar surface area (TPSA) is 46.9 Å². The van der Waals surface area contributed by atoms with Crippen molar-refractivity contribution < 1.29 is 9.18 Å². The molecule has 1 amide bonds. The van der Waals surface area contributed by atoms with Crippen LogP contribution in [0.1, 0.15) is 50.4 Å². The summed E-state index contributed by atoms with van der Waals surface area (Å²) < 4.78 is 15.3. The molecule has 5 heteroatoms. The Kier molecular flexibility index (Phi) is 3.68. The van der Waals surface area contributed by atoms with Crippen LogP contribution in [0.15, 0.2) is 0 Å². The first-order valence-corrected chi connectivity index (χ1v) is 6.51. The van der Waals surface area contributed by atoms with Gasteiger partial charge in [0.15, 0.2) is 5.82 Å². The average molecular weight is 253 g/mol. The standard InChI is InChI=1S/C13H20FN3O/c1-8(2)13-12(14)9(3)16-17(13)7-11(18)15-10-5-4-6-10/h8,10H,4-7H2,1-3H3,(H,15,18). The van der Waals surface area contributed by atoms with E-state index < -0.39 is 0 Å². The van der Waals surface area contributed by atoms with Gasteiger partial charge < -0.3 is 5.32 Å². The van der Waals surface area contributed by atoms with Crippen molar-refractivity contribution in [2.24, 2.45) is 0 Å². The molecule has 0 saturated heterocycles. The summed E-state index contributed by atoms with van der Waals surface area (Å²) in [5.74, 6) is -0.353. The Labute approximate surface area is 107 Å². The molecule has 4 nitrogen and oxygen atoms in total. The van der Waals surface area contributed by atoms with Crippen molar-refractivity contribution in [3.05, 3.63) is 17.2 Å². The van der Waals surface area contributed by atoms with E-state index in [9.17, 15) is 9.18 Å². The minimum absolute atomic E-state index is 0.0164. The van der Waals surface area contributed by atoms with Gasteiger partial charge in [-0.2, -0.15) is 5.10 Å². The minimum Gasteiger partial charge on any atom is -0.352 e. The van der Waals surface area contributed by atoms with E-state index in [2.05, 4.69) is 10.4 Å². The van der Waals surface area contributed by atoms with Crippen molar-refractivity contribution in [3.63, 3.8) is 0 Å². The van der Waals surface area contributed by atoms with E-state index in [0.29, 0.717) is 17.4 Å². The van der Waals surface area contributed by atoms with Crippen LogP contribution < -0.4 is 5.32 Å². The number of carbonyl (C=O) groups excluding carboxylic acids is 1. The molecular weight excluding hydrogens is 233 g/mol. The van der Waals surface area contributed by atoms with Crippen LogP contribution >= 0.6 is 0 Å². The van der Waals surface area contributed by atoms with Crippen molar-refractivity contribution >= 4 is 5.91 Å². The highest BCUT2D eigenvalue weighted by molar-refractivity contribution is 5.76. The largest absolute Gasteiger partial charge is 0.352 e. The van der Waals surface area contributed by atoms with Gasteiger partial charge >= 0.3 is 0 Å². The zero-order valence-corrected chi connectivity index (χ0v) is 11.2. The van der Waals surface area contributed by atoms with Gasteiger partial charge in [-0.25, -0.2) is 4.39 Å². The Hall–Kier alpha value is -1.39. The molecule has 0 spiro atoms. The predicted molar refractivity (Wildman–Crippen MR) is 66.8 cm³/mol. The van der Waals surface area contributed by atoms with Crippen molar-refractivity contribution in [1.82, 2.24) is 15.1 Å². The van der Waals surface area contributed by atoms with Gasteiger partial charge in [0.25, 0.3) is 0 Å². The number of aromatic nitrogens is 2. The van der Waals surface area contributed by atoms with Crippen LogP contribution in [0.3, 0.4) is 0 Å². The Morgan fingerprint density at radius 1 is 1.56 bits per heavy atom. The number of hydrogen-bond donors (Lipinski definition) is 1. The monoisotopic (exact) mass is 253 g/mol. The van der Waals surface area contributed by atoms with Gasteiger partial charge in [-0.3, -0.25) is 9.48 Å². The van der Waals surface area contributed by atoms with Gasteiger partial charge in [0.05, 0.1) is 11.4 Å². The zero-order valence-electron chi connectivity index (χ0n) is 11.2. The highest BCUT2D eigenvalue weighted by atomic mass is 19.1. The molecule has 0 aromatic carbocycles. The Morgan fingerprint density at radius 2 is 2.22 bits per heavy atom. The van der Waals surface area contributed by atoms with E-state index in [1.165, 1.54) is 11.1 Å². The minimum atomic E-state index is -0.290. The Balaban J connectivity index is 2.07.